The monoisotopic (exact) mass is 580 g/mol. The molecule has 4 aromatic rings. The van der Waals surface area contributed by atoms with E-state index in [-0.39, 0.29) is 17.4 Å². The molecule has 1 aliphatic rings. The van der Waals surface area contributed by atoms with Crippen molar-refractivity contribution in [2.75, 3.05) is 0 Å². The third kappa shape index (κ3) is 5.08. The maximum absolute atomic E-state index is 13.9. The quantitative estimate of drug-likeness (QED) is 0.264. The zero-order valence-corrected chi connectivity index (χ0v) is 21.4. The number of aromatic nitrogens is 1. The SMILES string of the molecule is Cc1ccc(S(=O)(=O)N2B(c3cc(C(F)(F)F)cc(C(F)(F)F)c3)OC(=O)[C@@H]2Cc2c[nH]c3ccccc23)cc1. The topological polar surface area (TPSA) is 79.5 Å². The van der Waals surface area contributed by atoms with E-state index >= 15 is 0 Å². The van der Waals surface area contributed by atoms with Gasteiger partial charge >= 0.3 is 25.4 Å². The van der Waals surface area contributed by atoms with Crippen molar-refractivity contribution in [1.82, 2.24) is 9.20 Å². The van der Waals surface area contributed by atoms with Crippen molar-refractivity contribution >= 4 is 39.4 Å². The first-order valence-electron chi connectivity index (χ1n) is 11.8. The highest BCUT2D eigenvalue weighted by atomic mass is 32.2. The van der Waals surface area contributed by atoms with Crippen LogP contribution in [0.25, 0.3) is 10.9 Å². The highest BCUT2D eigenvalue weighted by Gasteiger charge is 2.54. The Labute approximate surface area is 224 Å². The molecule has 1 atom stereocenters. The average Bonchev–Trinajstić information content (AvgIpc) is 3.44. The van der Waals surface area contributed by atoms with Gasteiger partial charge < -0.3 is 9.64 Å². The molecular formula is C26H19BF6N2O4S. The molecular weight excluding hydrogens is 561 g/mol. The van der Waals surface area contributed by atoms with Gasteiger partial charge in [0.1, 0.15) is 6.04 Å². The smallest absolute Gasteiger partial charge is 0.502 e. The van der Waals surface area contributed by atoms with E-state index in [4.69, 9.17) is 4.65 Å². The minimum atomic E-state index is -5.19. The van der Waals surface area contributed by atoms with Gasteiger partial charge in [0.05, 0.1) is 16.0 Å². The fraction of sp³-hybridized carbons (Fsp3) is 0.192. The van der Waals surface area contributed by atoms with Crippen molar-refractivity contribution in [3.63, 3.8) is 0 Å². The Kier molecular flexibility index (Phi) is 6.74. The molecule has 0 amide bonds. The predicted molar refractivity (Wildman–Crippen MR) is 134 cm³/mol. The van der Waals surface area contributed by atoms with Crippen LogP contribution in [-0.4, -0.2) is 36.7 Å². The first-order chi connectivity index (χ1) is 18.7. The summed E-state index contributed by atoms with van der Waals surface area (Å²) in [6, 6.07) is 11.4. The maximum Gasteiger partial charge on any atom is 0.502 e. The molecule has 0 aliphatic carbocycles. The number of fused-ring (bicyclic) bond motifs is 1. The number of nitrogens with one attached hydrogen (secondary N) is 1. The zero-order valence-electron chi connectivity index (χ0n) is 20.5. The second kappa shape index (κ2) is 9.70. The molecule has 0 spiro atoms. The molecule has 5 rings (SSSR count). The Balaban J connectivity index is 1.68. The second-order valence-electron chi connectivity index (χ2n) is 9.36. The van der Waals surface area contributed by atoms with Gasteiger partial charge in [-0.3, -0.25) is 4.79 Å². The number of hydrogen-bond acceptors (Lipinski definition) is 4. The van der Waals surface area contributed by atoms with Crippen molar-refractivity contribution in [1.29, 1.82) is 0 Å². The lowest BCUT2D eigenvalue weighted by molar-refractivity contribution is -0.143. The summed E-state index contributed by atoms with van der Waals surface area (Å²) in [5, 5.41) is 0.657. The van der Waals surface area contributed by atoms with Gasteiger partial charge in [0, 0.05) is 23.5 Å². The average molecular weight is 580 g/mol. The summed E-state index contributed by atoms with van der Waals surface area (Å²) >= 11 is 0. The van der Waals surface area contributed by atoms with E-state index in [2.05, 4.69) is 4.98 Å². The summed E-state index contributed by atoms with van der Waals surface area (Å²) < 4.78 is 115. The number of halogens is 6. The number of alkyl halides is 6. The van der Waals surface area contributed by atoms with Crippen LogP contribution in [0.15, 0.2) is 77.8 Å². The van der Waals surface area contributed by atoms with Crippen LogP contribution in [0.1, 0.15) is 22.3 Å². The Bertz CT molecular complexity index is 1670. The molecule has 0 unspecified atom stereocenters. The number of sulfonamides is 1. The van der Waals surface area contributed by atoms with Gasteiger partial charge in [0.2, 0.25) is 10.0 Å². The number of nitrogens with zero attached hydrogens (tertiary/aromatic N) is 1. The lowest BCUT2D eigenvalue weighted by Gasteiger charge is -2.24. The third-order valence-corrected chi connectivity index (χ3v) is 8.49. The summed E-state index contributed by atoms with van der Waals surface area (Å²) in [6.07, 6.45) is -9.09. The van der Waals surface area contributed by atoms with Crippen LogP contribution < -0.4 is 5.46 Å². The Morgan fingerprint density at radius 3 is 2.12 bits per heavy atom. The first-order valence-corrected chi connectivity index (χ1v) is 13.3. The second-order valence-corrected chi connectivity index (χ2v) is 11.2. The molecule has 14 heteroatoms. The third-order valence-electron chi connectivity index (χ3n) is 6.62. The number of carbonyl (C=O) groups excluding carboxylic acids is 1. The summed E-state index contributed by atoms with van der Waals surface area (Å²) in [7, 11) is -6.76. The van der Waals surface area contributed by atoms with Gasteiger partial charge in [-0.1, -0.05) is 48.0 Å². The van der Waals surface area contributed by atoms with E-state index in [1.54, 1.807) is 37.4 Å². The van der Waals surface area contributed by atoms with Crippen LogP contribution in [0.4, 0.5) is 26.3 Å². The van der Waals surface area contributed by atoms with Crippen molar-refractivity contribution in [2.24, 2.45) is 0 Å². The number of carbonyl (C=O) groups is 1. The summed E-state index contributed by atoms with van der Waals surface area (Å²) in [6.45, 7) is 1.70. The van der Waals surface area contributed by atoms with Crippen LogP contribution in [0, 0.1) is 6.92 Å². The van der Waals surface area contributed by atoms with Crippen molar-refractivity contribution < 1.29 is 44.2 Å². The standard InChI is InChI=1S/C26H19BF6N2O4S/c1-15-6-8-20(9-7-15)40(37,38)35-23(10-16-14-34-22-5-3-2-4-21(16)22)24(36)39-27(35)19-12-17(25(28,29)30)11-18(13-19)26(31,32)33/h2-9,11-14,23,34H,10H2,1H3/t23-/m0/s1. The molecule has 40 heavy (non-hydrogen) atoms. The fourth-order valence-corrected chi connectivity index (χ4v) is 6.29. The van der Waals surface area contributed by atoms with Crippen LogP contribution in [0.3, 0.4) is 0 Å². The van der Waals surface area contributed by atoms with Gasteiger partial charge in [-0.05, 0) is 42.2 Å². The molecule has 1 aromatic heterocycles. The summed E-state index contributed by atoms with van der Waals surface area (Å²) in [5.41, 5.74) is -2.23. The zero-order chi connectivity index (χ0) is 29.0. The molecule has 6 nitrogen and oxygen atoms in total. The minimum Gasteiger partial charge on any atom is -0.514 e. The molecule has 208 valence electrons. The van der Waals surface area contributed by atoms with Crippen molar-refractivity contribution in [2.45, 2.75) is 36.6 Å². The number of benzene rings is 3. The van der Waals surface area contributed by atoms with Crippen molar-refractivity contribution in [3.8, 4) is 0 Å². The Hall–Kier alpha value is -3.78. The van der Waals surface area contributed by atoms with Crippen LogP contribution in [0.5, 0.6) is 0 Å². The maximum atomic E-state index is 13.9. The van der Waals surface area contributed by atoms with Crippen LogP contribution >= 0.6 is 0 Å². The van der Waals surface area contributed by atoms with Gasteiger partial charge in [-0.2, -0.15) is 30.6 Å². The highest BCUT2D eigenvalue weighted by molar-refractivity contribution is 7.90. The van der Waals surface area contributed by atoms with Crippen LogP contribution in [-0.2, 0) is 38.2 Å². The van der Waals surface area contributed by atoms with Gasteiger partial charge in [0.15, 0.2) is 0 Å². The van der Waals surface area contributed by atoms with Crippen molar-refractivity contribution in [3.05, 3.63) is 95.2 Å². The Morgan fingerprint density at radius 1 is 0.925 bits per heavy atom. The van der Waals surface area contributed by atoms with E-state index in [1.165, 1.54) is 24.3 Å². The number of hydrogen-bond donors (Lipinski definition) is 1. The van der Waals surface area contributed by atoms with E-state index in [0.717, 1.165) is 0 Å². The lowest BCUT2D eigenvalue weighted by atomic mass is 9.72. The molecule has 1 fully saturated rings. The van der Waals surface area contributed by atoms with E-state index in [1.807, 2.05) is 0 Å². The number of para-hydroxylation sites is 1. The molecule has 0 radical (unpaired) electrons. The molecule has 1 aliphatic heterocycles. The lowest BCUT2D eigenvalue weighted by Crippen LogP contribution is -2.52. The van der Waals surface area contributed by atoms with Gasteiger partial charge in [-0.15, -0.1) is 0 Å². The minimum absolute atomic E-state index is 0.0808. The Morgan fingerprint density at radius 2 is 1.52 bits per heavy atom. The van der Waals surface area contributed by atoms with E-state index in [9.17, 15) is 39.6 Å². The largest absolute Gasteiger partial charge is 0.514 e. The van der Waals surface area contributed by atoms with Gasteiger partial charge in [0.25, 0.3) is 0 Å². The molecule has 2 heterocycles. The van der Waals surface area contributed by atoms with Crippen LogP contribution in [0.2, 0.25) is 0 Å². The fourth-order valence-electron chi connectivity index (χ4n) is 4.65. The van der Waals surface area contributed by atoms with E-state index < -0.39 is 58.0 Å². The normalized spacial score (nSPS) is 17.0. The van der Waals surface area contributed by atoms with Gasteiger partial charge in [-0.25, -0.2) is 8.42 Å². The molecule has 0 saturated carbocycles. The number of aromatic amines is 1. The molecule has 0 bridgehead atoms. The molecule has 3 aromatic carbocycles. The number of aryl methyl sites for hydroxylation is 1. The van der Waals surface area contributed by atoms with E-state index in [0.29, 0.717) is 38.4 Å². The number of H-pyrrole nitrogens is 1. The first kappa shape index (κ1) is 27.8. The molecule has 1 saturated heterocycles. The molecule has 1 N–H and O–H groups in total. The summed E-state index contributed by atoms with van der Waals surface area (Å²) in [4.78, 5) is 15.8. The summed E-state index contributed by atoms with van der Waals surface area (Å²) in [5.74, 6) is -1.11. The number of rotatable bonds is 5. The highest BCUT2D eigenvalue weighted by Crippen LogP contribution is 2.36. The predicted octanol–water partition coefficient (Wildman–Crippen LogP) is 5.07.